The summed E-state index contributed by atoms with van der Waals surface area (Å²) >= 11 is 0. The number of furan rings is 1. The maximum absolute atomic E-state index is 8.90. The molecule has 3 heteroatoms. The number of hydrogen-bond acceptors (Lipinski definition) is 3. The molecule has 0 unspecified atom stereocenters. The molecule has 0 aliphatic heterocycles. The van der Waals surface area contributed by atoms with E-state index in [4.69, 9.17) is 9.52 Å². The first-order valence-corrected chi connectivity index (χ1v) is 4.91. The molecular weight excluding hydrogens is 178 g/mol. The summed E-state index contributed by atoms with van der Waals surface area (Å²) in [5, 5.41) is 12.1. The Hall–Kier alpha value is -1.06. The lowest BCUT2D eigenvalue weighted by molar-refractivity contribution is 0.242. The third-order valence-corrected chi connectivity index (χ3v) is 2.06. The highest BCUT2D eigenvalue weighted by atomic mass is 16.3. The van der Waals surface area contributed by atoms with Gasteiger partial charge in [0.2, 0.25) is 0 Å². The Bertz CT molecular complexity index is 250. The second kappa shape index (κ2) is 6.40. The number of aliphatic hydroxyl groups excluding tert-OH is 1. The van der Waals surface area contributed by atoms with Crippen molar-refractivity contribution in [1.82, 2.24) is 5.32 Å². The molecular formula is C11H17NO2. The van der Waals surface area contributed by atoms with Gasteiger partial charge >= 0.3 is 0 Å². The highest BCUT2D eigenvalue weighted by Crippen LogP contribution is 2.01. The van der Waals surface area contributed by atoms with Crippen molar-refractivity contribution in [3.8, 4) is 0 Å². The van der Waals surface area contributed by atoms with Gasteiger partial charge in [-0.1, -0.05) is 13.0 Å². The summed E-state index contributed by atoms with van der Waals surface area (Å²) in [6.45, 7) is 2.98. The van der Waals surface area contributed by atoms with E-state index >= 15 is 0 Å². The van der Waals surface area contributed by atoms with Crippen molar-refractivity contribution in [2.24, 2.45) is 0 Å². The van der Waals surface area contributed by atoms with Gasteiger partial charge in [0, 0.05) is 12.6 Å². The molecule has 0 saturated heterocycles. The maximum atomic E-state index is 8.90. The van der Waals surface area contributed by atoms with Crippen molar-refractivity contribution in [2.75, 3.05) is 13.2 Å². The number of nitrogens with one attached hydrogen (secondary N) is 1. The summed E-state index contributed by atoms with van der Waals surface area (Å²) in [7, 11) is 0. The SMILES string of the molecule is CC[C@H](CO)NC/C=C/c1ccco1. The predicted octanol–water partition coefficient (Wildman–Crippen LogP) is 1.65. The number of aliphatic hydroxyl groups is 1. The van der Waals surface area contributed by atoms with Crippen LogP contribution in [-0.4, -0.2) is 24.3 Å². The number of rotatable bonds is 6. The van der Waals surface area contributed by atoms with E-state index in [0.29, 0.717) is 0 Å². The molecule has 0 aliphatic rings. The zero-order valence-electron chi connectivity index (χ0n) is 8.44. The molecule has 2 N–H and O–H groups in total. The molecule has 78 valence electrons. The highest BCUT2D eigenvalue weighted by Gasteiger charge is 1.99. The summed E-state index contributed by atoms with van der Waals surface area (Å²) in [5.41, 5.74) is 0. The summed E-state index contributed by atoms with van der Waals surface area (Å²) in [6, 6.07) is 3.95. The largest absolute Gasteiger partial charge is 0.465 e. The topological polar surface area (TPSA) is 45.4 Å². The molecule has 14 heavy (non-hydrogen) atoms. The van der Waals surface area contributed by atoms with Gasteiger partial charge in [0.1, 0.15) is 5.76 Å². The first-order chi connectivity index (χ1) is 6.86. The first-order valence-electron chi connectivity index (χ1n) is 4.91. The minimum atomic E-state index is 0.186. The van der Waals surface area contributed by atoms with Gasteiger partial charge in [0.05, 0.1) is 12.9 Å². The van der Waals surface area contributed by atoms with Crippen molar-refractivity contribution < 1.29 is 9.52 Å². The molecule has 0 amide bonds. The molecule has 1 aromatic rings. The summed E-state index contributed by atoms with van der Waals surface area (Å²) in [4.78, 5) is 0. The van der Waals surface area contributed by atoms with E-state index in [1.807, 2.05) is 31.2 Å². The van der Waals surface area contributed by atoms with Crippen LogP contribution >= 0.6 is 0 Å². The predicted molar refractivity (Wildman–Crippen MR) is 56.9 cm³/mol. The Labute approximate surface area is 84.4 Å². The van der Waals surface area contributed by atoms with Crippen LogP contribution < -0.4 is 5.32 Å². The van der Waals surface area contributed by atoms with E-state index in [-0.39, 0.29) is 12.6 Å². The van der Waals surface area contributed by atoms with Crippen LogP contribution in [0.15, 0.2) is 28.9 Å². The van der Waals surface area contributed by atoms with E-state index in [0.717, 1.165) is 18.7 Å². The lowest BCUT2D eigenvalue weighted by atomic mass is 10.2. The second-order valence-corrected chi connectivity index (χ2v) is 3.11. The Morgan fingerprint density at radius 3 is 3.07 bits per heavy atom. The van der Waals surface area contributed by atoms with Gasteiger partial charge in [-0.15, -0.1) is 0 Å². The lowest BCUT2D eigenvalue weighted by Gasteiger charge is -2.11. The standard InChI is InChI=1S/C11H17NO2/c1-2-10(9-13)12-7-3-5-11-6-4-8-14-11/h3-6,8,10,12-13H,2,7,9H2,1H3/b5-3+/t10-/m1/s1. The minimum absolute atomic E-state index is 0.186. The molecule has 0 fully saturated rings. The van der Waals surface area contributed by atoms with Crippen LogP contribution in [0.4, 0.5) is 0 Å². The van der Waals surface area contributed by atoms with Crippen molar-refractivity contribution >= 4 is 6.08 Å². The molecule has 0 radical (unpaired) electrons. The van der Waals surface area contributed by atoms with E-state index in [1.165, 1.54) is 0 Å². The van der Waals surface area contributed by atoms with E-state index in [9.17, 15) is 0 Å². The molecule has 1 atom stereocenters. The fourth-order valence-corrected chi connectivity index (χ4v) is 1.13. The Kier molecular flexibility index (Phi) is 5.04. The molecule has 1 aromatic heterocycles. The van der Waals surface area contributed by atoms with Crippen molar-refractivity contribution in [3.05, 3.63) is 30.2 Å². The molecule has 1 heterocycles. The smallest absolute Gasteiger partial charge is 0.126 e. The van der Waals surface area contributed by atoms with E-state index < -0.39 is 0 Å². The van der Waals surface area contributed by atoms with Crippen LogP contribution in [0.5, 0.6) is 0 Å². The summed E-state index contributed by atoms with van der Waals surface area (Å²) < 4.78 is 5.13. The zero-order chi connectivity index (χ0) is 10.2. The van der Waals surface area contributed by atoms with Gasteiger partial charge < -0.3 is 14.8 Å². The van der Waals surface area contributed by atoms with Gasteiger partial charge in [0.15, 0.2) is 0 Å². The molecule has 0 aromatic carbocycles. The minimum Gasteiger partial charge on any atom is -0.465 e. The third kappa shape index (κ3) is 3.77. The molecule has 0 aliphatic carbocycles. The van der Waals surface area contributed by atoms with Gasteiger partial charge in [-0.05, 0) is 24.6 Å². The van der Waals surface area contributed by atoms with E-state index in [2.05, 4.69) is 5.32 Å². The van der Waals surface area contributed by atoms with Crippen LogP contribution in [0, 0.1) is 0 Å². The van der Waals surface area contributed by atoms with Gasteiger partial charge in [-0.25, -0.2) is 0 Å². The molecule has 3 nitrogen and oxygen atoms in total. The van der Waals surface area contributed by atoms with Crippen molar-refractivity contribution in [3.63, 3.8) is 0 Å². The van der Waals surface area contributed by atoms with Crippen LogP contribution in [0.1, 0.15) is 19.1 Å². The third-order valence-electron chi connectivity index (χ3n) is 2.06. The average Bonchev–Trinajstić information content (AvgIpc) is 2.71. The van der Waals surface area contributed by atoms with Crippen molar-refractivity contribution in [2.45, 2.75) is 19.4 Å². The monoisotopic (exact) mass is 195 g/mol. The Morgan fingerprint density at radius 2 is 2.50 bits per heavy atom. The normalized spacial score (nSPS) is 13.6. The fraction of sp³-hybridized carbons (Fsp3) is 0.455. The maximum Gasteiger partial charge on any atom is 0.126 e. The highest BCUT2D eigenvalue weighted by molar-refractivity contribution is 5.42. The molecule has 0 spiro atoms. The fourth-order valence-electron chi connectivity index (χ4n) is 1.13. The molecule has 0 bridgehead atoms. The van der Waals surface area contributed by atoms with Crippen LogP contribution in [0.2, 0.25) is 0 Å². The average molecular weight is 195 g/mol. The Balaban J connectivity index is 2.20. The summed E-state index contributed by atoms with van der Waals surface area (Å²) in [5.74, 6) is 0.851. The number of hydrogen-bond donors (Lipinski definition) is 2. The Morgan fingerprint density at radius 1 is 1.64 bits per heavy atom. The van der Waals surface area contributed by atoms with Crippen molar-refractivity contribution in [1.29, 1.82) is 0 Å². The van der Waals surface area contributed by atoms with Crippen LogP contribution in [0.25, 0.3) is 6.08 Å². The van der Waals surface area contributed by atoms with Crippen LogP contribution in [-0.2, 0) is 0 Å². The second-order valence-electron chi connectivity index (χ2n) is 3.11. The van der Waals surface area contributed by atoms with Crippen LogP contribution in [0.3, 0.4) is 0 Å². The molecule has 1 rings (SSSR count). The zero-order valence-corrected chi connectivity index (χ0v) is 8.44. The van der Waals surface area contributed by atoms with E-state index in [1.54, 1.807) is 6.26 Å². The quantitative estimate of drug-likeness (QED) is 0.725. The summed E-state index contributed by atoms with van der Waals surface area (Å²) in [6.07, 6.45) is 6.48. The lowest BCUT2D eigenvalue weighted by Crippen LogP contribution is -2.31. The van der Waals surface area contributed by atoms with Gasteiger partial charge in [-0.2, -0.15) is 0 Å². The van der Waals surface area contributed by atoms with Gasteiger partial charge in [-0.3, -0.25) is 0 Å². The molecule has 0 saturated carbocycles. The van der Waals surface area contributed by atoms with Gasteiger partial charge in [0.25, 0.3) is 0 Å². The first kappa shape index (κ1) is 11.0.